The lowest BCUT2D eigenvalue weighted by Gasteiger charge is -2.39. The van der Waals surface area contributed by atoms with Crippen LogP contribution in [0.2, 0.25) is 0 Å². The molecule has 0 saturated carbocycles. The zero-order valence-corrected chi connectivity index (χ0v) is 15.8. The molecule has 5 rings (SSSR count). The number of carbonyl (C=O) groups excluding carboxylic acids is 1. The lowest BCUT2D eigenvalue weighted by atomic mass is 10.0. The molecule has 2 aromatic carbocycles. The maximum Gasteiger partial charge on any atom is 0.255 e. The quantitative estimate of drug-likeness (QED) is 0.747. The number of nitrogens with one attached hydrogen (secondary N) is 1. The minimum atomic E-state index is -0.280. The second kappa shape index (κ2) is 6.80. The third-order valence-electron chi connectivity index (χ3n) is 5.52. The van der Waals surface area contributed by atoms with Crippen molar-refractivity contribution in [3.05, 3.63) is 65.7 Å². The zero-order valence-electron chi connectivity index (χ0n) is 15.8. The van der Waals surface area contributed by atoms with Gasteiger partial charge in [0.15, 0.2) is 0 Å². The van der Waals surface area contributed by atoms with Crippen LogP contribution in [0.3, 0.4) is 0 Å². The fourth-order valence-corrected chi connectivity index (χ4v) is 4.05. The van der Waals surface area contributed by atoms with Gasteiger partial charge in [0.25, 0.3) is 5.91 Å². The largest absolute Gasteiger partial charge is 0.378 e. The fourth-order valence-electron chi connectivity index (χ4n) is 4.05. The number of nitrogens with zero attached hydrogens (tertiary/aromatic N) is 3. The third-order valence-corrected chi connectivity index (χ3v) is 5.52. The number of aromatic nitrogens is 1. The summed E-state index contributed by atoms with van der Waals surface area (Å²) in [6.45, 7) is 2.95. The number of morpholine rings is 1. The van der Waals surface area contributed by atoms with Crippen LogP contribution < -0.4 is 15.1 Å². The van der Waals surface area contributed by atoms with E-state index in [0.717, 1.165) is 41.1 Å². The van der Waals surface area contributed by atoms with Crippen molar-refractivity contribution in [2.45, 2.75) is 6.17 Å². The summed E-state index contributed by atoms with van der Waals surface area (Å²) in [4.78, 5) is 22.1. The molecule has 2 aliphatic heterocycles. The molecule has 1 N–H and O–H groups in total. The number of carbonyl (C=O) groups is 1. The van der Waals surface area contributed by atoms with E-state index >= 15 is 0 Å². The van der Waals surface area contributed by atoms with Gasteiger partial charge < -0.3 is 19.9 Å². The van der Waals surface area contributed by atoms with E-state index in [2.05, 4.69) is 27.2 Å². The highest BCUT2D eigenvalue weighted by atomic mass is 16.5. The summed E-state index contributed by atoms with van der Waals surface area (Å²) in [5.74, 6) is 0.860. The first-order valence-electron chi connectivity index (χ1n) is 9.57. The fraction of sp³-hybridized carbons (Fsp3) is 0.273. The van der Waals surface area contributed by atoms with Crippen molar-refractivity contribution in [2.75, 3.05) is 43.2 Å². The van der Waals surface area contributed by atoms with Gasteiger partial charge in [0.2, 0.25) is 0 Å². The summed E-state index contributed by atoms with van der Waals surface area (Å²) in [6, 6.07) is 18.0. The zero-order chi connectivity index (χ0) is 19.1. The second-order valence-electron chi connectivity index (χ2n) is 7.20. The van der Waals surface area contributed by atoms with Crippen molar-refractivity contribution < 1.29 is 9.53 Å². The molecular formula is C22H22N4O2. The van der Waals surface area contributed by atoms with E-state index in [1.54, 1.807) is 0 Å². The Morgan fingerprint density at radius 2 is 1.82 bits per heavy atom. The second-order valence-corrected chi connectivity index (χ2v) is 7.20. The number of anilines is 2. The number of fused-ring (bicyclic) bond motifs is 2. The van der Waals surface area contributed by atoms with Crippen molar-refractivity contribution in [3.63, 3.8) is 0 Å². The number of benzene rings is 2. The normalized spacial score (nSPS) is 19.5. The van der Waals surface area contributed by atoms with Crippen LogP contribution in [0, 0.1) is 0 Å². The molecule has 6 heteroatoms. The standard InChI is InChI=1S/C22H22N4O2/c1-25-19-9-5-3-7-16(19)22(27)24-20(25)17-14-15-6-2-4-8-18(15)23-21(17)26-10-12-28-13-11-26/h2-9,14,20H,10-13H2,1H3,(H,24,27). The maximum absolute atomic E-state index is 12.8. The Balaban J connectivity index is 1.66. The van der Waals surface area contributed by atoms with Crippen molar-refractivity contribution >= 4 is 28.3 Å². The van der Waals surface area contributed by atoms with Gasteiger partial charge in [-0.05, 0) is 24.3 Å². The van der Waals surface area contributed by atoms with Gasteiger partial charge in [-0.3, -0.25) is 4.79 Å². The lowest BCUT2D eigenvalue weighted by Crippen LogP contribution is -2.46. The summed E-state index contributed by atoms with van der Waals surface area (Å²) in [7, 11) is 2.02. The van der Waals surface area contributed by atoms with Gasteiger partial charge in [-0.2, -0.15) is 0 Å². The summed E-state index contributed by atoms with van der Waals surface area (Å²) in [5.41, 5.74) is 3.59. The lowest BCUT2D eigenvalue weighted by molar-refractivity contribution is 0.0927. The average molecular weight is 374 g/mol. The van der Waals surface area contributed by atoms with Crippen molar-refractivity contribution in [1.29, 1.82) is 0 Å². The molecule has 142 valence electrons. The molecule has 1 unspecified atom stereocenters. The van der Waals surface area contributed by atoms with Crippen LogP contribution in [0.1, 0.15) is 22.1 Å². The summed E-state index contributed by atoms with van der Waals surface area (Å²) in [6.07, 6.45) is -0.280. The Morgan fingerprint density at radius 1 is 1.07 bits per heavy atom. The van der Waals surface area contributed by atoms with Crippen LogP contribution in [0.4, 0.5) is 11.5 Å². The van der Waals surface area contributed by atoms with E-state index in [0.29, 0.717) is 18.8 Å². The van der Waals surface area contributed by atoms with Crippen LogP contribution in [0.5, 0.6) is 0 Å². The minimum Gasteiger partial charge on any atom is -0.378 e. The van der Waals surface area contributed by atoms with E-state index in [1.807, 2.05) is 49.5 Å². The van der Waals surface area contributed by atoms with Crippen molar-refractivity contribution in [2.24, 2.45) is 0 Å². The number of ether oxygens (including phenoxy) is 1. The molecule has 0 spiro atoms. The monoisotopic (exact) mass is 374 g/mol. The molecule has 0 bridgehead atoms. The van der Waals surface area contributed by atoms with E-state index < -0.39 is 0 Å². The van der Waals surface area contributed by atoms with Crippen LogP contribution in [0.15, 0.2) is 54.6 Å². The Hall–Kier alpha value is -3.12. The molecule has 1 amide bonds. The van der Waals surface area contributed by atoms with E-state index in [4.69, 9.17) is 9.72 Å². The molecule has 0 radical (unpaired) electrons. The first-order chi connectivity index (χ1) is 13.7. The first-order valence-corrected chi connectivity index (χ1v) is 9.57. The van der Waals surface area contributed by atoms with Crippen LogP contribution >= 0.6 is 0 Å². The number of para-hydroxylation sites is 2. The SMILES string of the molecule is CN1c2ccccc2C(=O)NC1c1cc2ccccc2nc1N1CCOCC1. The Morgan fingerprint density at radius 3 is 2.68 bits per heavy atom. The summed E-state index contributed by atoms with van der Waals surface area (Å²) < 4.78 is 5.53. The molecule has 28 heavy (non-hydrogen) atoms. The van der Waals surface area contributed by atoms with E-state index in [-0.39, 0.29) is 12.1 Å². The van der Waals surface area contributed by atoms with E-state index in [9.17, 15) is 4.79 Å². The molecule has 6 nitrogen and oxygen atoms in total. The predicted molar refractivity (Wildman–Crippen MR) is 110 cm³/mol. The maximum atomic E-state index is 12.8. The van der Waals surface area contributed by atoms with Crippen LogP contribution in [-0.2, 0) is 4.74 Å². The molecule has 1 aromatic heterocycles. The van der Waals surface area contributed by atoms with Crippen molar-refractivity contribution in [3.8, 4) is 0 Å². The van der Waals surface area contributed by atoms with Gasteiger partial charge >= 0.3 is 0 Å². The topological polar surface area (TPSA) is 57.7 Å². The van der Waals surface area contributed by atoms with Crippen molar-refractivity contribution in [1.82, 2.24) is 10.3 Å². The number of pyridine rings is 1. The number of amides is 1. The Kier molecular flexibility index (Phi) is 4.13. The molecule has 3 aromatic rings. The Labute approximate surface area is 163 Å². The molecule has 0 aliphatic carbocycles. The molecule has 1 fully saturated rings. The molecule has 1 saturated heterocycles. The highest BCUT2D eigenvalue weighted by molar-refractivity contribution is 6.02. The van der Waals surface area contributed by atoms with Gasteiger partial charge in [-0.15, -0.1) is 0 Å². The van der Waals surface area contributed by atoms with Gasteiger partial charge in [0, 0.05) is 31.1 Å². The molecule has 1 atom stereocenters. The van der Waals surface area contributed by atoms with Crippen LogP contribution in [-0.4, -0.2) is 44.2 Å². The number of rotatable bonds is 2. The number of hydrogen-bond acceptors (Lipinski definition) is 5. The smallest absolute Gasteiger partial charge is 0.255 e. The third kappa shape index (κ3) is 2.77. The molecular weight excluding hydrogens is 352 g/mol. The van der Waals surface area contributed by atoms with Gasteiger partial charge in [-0.25, -0.2) is 4.98 Å². The van der Waals surface area contributed by atoms with Gasteiger partial charge in [0.05, 0.1) is 30.0 Å². The Bertz CT molecular complexity index is 1050. The highest BCUT2D eigenvalue weighted by Gasteiger charge is 2.32. The minimum absolute atomic E-state index is 0.0558. The van der Waals surface area contributed by atoms with Crippen LogP contribution in [0.25, 0.3) is 10.9 Å². The first kappa shape index (κ1) is 17.0. The van der Waals surface area contributed by atoms with Gasteiger partial charge in [0.1, 0.15) is 12.0 Å². The molecule has 3 heterocycles. The molecule has 2 aliphatic rings. The summed E-state index contributed by atoms with van der Waals surface area (Å²) >= 11 is 0. The number of hydrogen-bond donors (Lipinski definition) is 1. The highest BCUT2D eigenvalue weighted by Crippen LogP contribution is 2.36. The summed E-state index contributed by atoms with van der Waals surface area (Å²) in [5, 5.41) is 4.24. The van der Waals surface area contributed by atoms with Gasteiger partial charge in [-0.1, -0.05) is 30.3 Å². The predicted octanol–water partition coefficient (Wildman–Crippen LogP) is 2.95. The van der Waals surface area contributed by atoms with E-state index in [1.165, 1.54) is 0 Å². The average Bonchev–Trinajstić information content (AvgIpc) is 2.76.